The van der Waals surface area contributed by atoms with Crippen molar-refractivity contribution in [2.24, 2.45) is 0 Å². The molecule has 1 saturated carbocycles. The van der Waals surface area contributed by atoms with E-state index in [4.69, 9.17) is 9.15 Å². The Morgan fingerprint density at radius 3 is 2.65 bits per heavy atom. The average Bonchev–Trinajstić information content (AvgIpc) is 3.09. The van der Waals surface area contributed by atoms with Gasteiger partial charge in [0.15, 0.2) is 3.42 Å². The van der Waals surface area contributed by atoms with Crippen molar-refractivity contribution in [2.45, 2.75) is 53.5 Å². The van der Waals surface area contributed by atoms with Crippen LogP contribution in [0.4, 0.5) is 0 Å². The minimum atomic E-state index is -0.591. The molecular weight excluding hydrogens is 407 g/mol. The summed E-state index contributed by atoms with van der Waals surface area (Å²) in [5, 5.41) is 3.37. The summed E-state index contributed by atoms with van der Waals surface area (Å²) in [6, 6.07) is 5.98. The molecule has 2 aliphatic heterocycles. The van der Waals surface area contributed by atoms with E-state index in [1.54, 1.807) is 0 Å². The number of benzene rings is 1. The molecule has 2 aromatic heterocycles. The summed E-state index contributed by atoms with van der Waals surface area (Å²) in [6.07, 6.45) is 4.26. The van der Waals surface area contributed by atoms with Crippen molar-refractivity contribution in [1.29, 1.82) is 0 Å². The molecule has 4 heterocycles. The van der Waals surface area contributed by atoms with Crippen LogP contribution in [0.3, 0.4) is 0 Å². The molecule has 2 saturated heterocycles. The minimum Gasteiger partial charge on any atom is -0.457 e. The van der Waals surface area contributed by atoms with Gasteiger partial charge in [-0.2, -0.15) is 0 Å². The Morgan fingerprint density at radius 2 is 2.17 bits per heavy atom. The molecule has 1 N–H and O–H groups in total. The molecule has 4 atom stereocenters. The van der Waals surface area contributed by atoms with Crippen LogP contribution in [0.5, 0.6) is 0 Å². The first-order valence-corrected chi connectivity index (χ1v) is 9.24. The molecule has 6 heteroatoms. The van der Waals surface area contributed by atoms with Crippen LogP contribution in [0.1, 0.15) is 38.2 Å². The standard InChI is InChI=1S/C17H19IN2O3/c1-15(18,17-13(19-17)20(17)2)14(21)23-16(7-3-4-8-16)11-9-10-5-6-12(11)22-10/h5-6,9,13,19H,3-4,7-8H2,1-2H3. The summed E-state index contributed by atoms with van der Waals surface area (Å²) >= 11 is 2.25. The van der Waals surface area contributed by atoms with E-state index in [-0.39, 0.29) is 11.6 Å². The van der Waals surface area contributed by atoms with E-state index in [0.717, 1.165) is 42.4 Å². The van der Waals surface area contributed by atoms with Gasteiger partial charge >= 0.3 is 5.97 Å². The Kier molecular flexibility index (Phi) is 2.65. The summed E-state index contributed by atoms with van der Waals surface area (Å²) in [6.45, 7) is 1.97. The molecule has 3 fully saturated rings. The number of ether oxygens (including phenoxy) is 1. The summed E-state index contributed by atoms with van der Waals surface area (Å²) < 4.78 is 11.3. The number of hydrogen-bond donors (Lipinski definition) is 1. The second-order valence-electron chi connectivity index (χ2n) is 7.28. The lowest BCUT2D eigenvalue weighted by molar-refractivity contribution is -0.163. The second-order valence-corrected chi connectivity index (χ2v) is 9.44. The SMILES string of the molecule is CN1C2NC21C(C)(I)C(=O)OC1(c2cc3ccc2o3)CCCC1. The molecule has 3 aliphatic rings. The minimum absolute atomic E-state index is 0.127. The molecule has 5 rings (SSSR count). The molecule has 0 radical (unpaired) electrons. The van der Waals surface area contributed by atoms with Gasteiger partial charge in [-0.15, -0.1) is 0 Å². The number of likely N-dealkylation sites (N-methyl/N-ethyl adjacent to an activating group) is 1. The average molecular weight is 426 g/mol. The zero-order valence-electron chi connectivity index (χ0n) is 13.2. The van der Waals surface area contributed by atoms with Gasteiger partial charge in [-0.1, -0.05) is 22.6 Å². The van der Waals surface area contributed by atoms with Gasteiger partial charge in [0.2, 0.25) is 0 Å². The fourth-order valence-electron chi connectivity index (χ4n) is 4.39. The van der Waals surface area contributed by atoms with Crippen molar-refractivity contribution in [3.8, 4) is 0 Å². The van der Waals surface area contributed by atoms with Crippen LogP contribution in [0, 0.1) is 0 Å². The molecule has 23 heavy (non-hydrogen) atoms. The highest BCUT2D eigenvalue weighted by Crippen LogP contribution is 2.61. The van der Waals surface area contributed by atoms with Gasteiger partial charge in [0.05, 0.1) is 6.17 Å². The third-order valence-corrected chi connectivity index (χ3v) is 7.28. The van der Waals surface area contributed by atoms with Gasteiger partial charge in [0.1, 0.15) is 22.4 Å². The lowest BCUT2D eigenvalue weighted by Gasteiger charge is -2.34. The number of rotatable bonds is 4. The normalized spacial score (nSPS) is 36.7. The van der Waals surface area contributed by atoms with Gasteiger partial charge < -0.3 is 9.15 Å². The second kappa shape index (κ2) is 4.21. The third-order valence-electron chi connectivity index (χ3n) is 6.01. The Bertz CT molecular complexity index is 788. The summed E-state index contributed by atoms with van der Waals surface area (Å²) in [7, 11) is 2.04. The number of halogens is 1. The van der Waals surface area contributed by atoms with Crippen molar-refractivity contribution in [3.05, 3.63) is 23.8 Å². The summed E-state index contributed by atoms with van der Waals surface area (Å²) in [4.78, 5) is 15.2. The highest BCUT2D eigenvalue weighted by molar-refractivity contribution is 14.1. The van der Waals surface area contributed by atoms with Gasteiger partial charge in [-0.25, -0.2) is 0 Å². The van der Waals surface area contributed by atoms with Crippen LogP contribution in [0.25, 0.3) is 11.2 Å². The predicted molar refractivity (Wildman–Crippen MR) is 93.5 cm³/mol. The summed E-state index contributed by atoms with van der Waals surface area (Å²) in [5.41, 5.74) is 2.05. The molecule has 122 valence electrons. The third kappa shape index (κ3) is 1.67. The van der Waals surface area contributed by atoms with Crippen molar-refractivity contribution < 1.29 is 13.9 Å². The van der Waals surface area contributed by atoms with Crippen LogP contribution in [-0.4, -0.2) is 33.2 Å². The van der Waals surface area contributed by atoms with E-state index in [1.165, 1.54) is 0 Å². The highest BCUT2D eigenvalue weighted by atomic mass is 127. The van der Waals surface area contributed by atoms with Crippen LogP contribution < -0.4 is 5.32 Å². The lowest BCUT2D eigenvalue weighted by Crippen LogP contribution is -2.50. The van der Waals surface area contributed by atoms with Crippen LogP contribution in [0.2, 0.25) is 0 Å². The van der Waals surface area contributed by atoms with E-state index >= 15 is 0 Å². The first kappa shape index (κ1) is 14.5. The van der Waals surface area contributed by atoms with E-state index in [9.17, 15) is 4.79 Å². The highest BCUT2D eigenvalue weighted by Gasteiger charge is 2.85. The van der Waals surface area contributed by atoms with Gasteiger partial charge in [-0.3, -0.25) is 15.0 Å². The maximum atomic E-state index is 13.0. The Labute approximate surface area is 148 Å². The smallest absolute Gasteiger partial charge is 0.326 e. The fourth-order valence-corrected chi connectivity index (χ4v) is 5.33. The number of esters is 1. The van der Waals surface area contributed by atoms with Gasteiger partial charge in [0.25, 0.3) is 0 Å². The van der Waals surface area contributed by atoms with Gasteiger partial charge in [-0.05, 0) is 57.9 Å². The molecule has 4 unspecified atom stereocenters. The monoisotopic (exact) mass is 426 g/mol. The van der Waals surface area contributed by atoms with Crippen molar-refractivity contribution >= 4 is 39.7 Å². The van der Waals surface area contributed by atoms with E-state index in [2.05, 4.69) is 32.8 Å². The maximum absolute atomic E-state index is 13.0. The Hall–Kier alpha value is -0.860. The number of fused-ring (bicyclic) bond motifs is 3. The van der Waals surface area contributed by atoms with Crippen LogP contribution >= 0.6 is 22.6 Å². The zero-order chi connectivity index (χ0) is 16.0. The van der Waals surface area contributed by atoms with E-state index in [0.29, 0.717) is 6.17 Å². The quantitative estimate of drug-likeness (QED) is 0.353. The number of furan rings is 2. The predicted octanol–water partition coefficient (Wildman–Crippen LogP) is 2.95. The molecule has 2 bridgehead atoms. The first-order valence-electron chi connectivity index (χ1n) is 8.16. The van der Waals surface area contributed by atoms with Crippen LogP contribution in [0.15, 0.2) is 22.6 Å². The van der Waals surface area contributed by atoms with E-state index < -0.39 is 9.02 Å². The van der Waals surface area contributed by atoms with Crippen LogP contribution in [-0.2, 0) is 15.1 Å². The Balaban J connectivity index is 1.47. The molecule has 1 aliphatic carbocycles. The first-order chi connectivity index (χ1) is 10.9. The molecule has 0 spiro atoms. The van der Waals surface area contributed by atoms with Gasteiger partial charge in [0, 0.05) is 5.56 Å². The zero-order valence-corrected chi connectivity index (χ0v) is 15.3. The molecular formula is C17H19IN2O3. The largest absolute Gasteiger partial charge is 0.457 e. The fraction of sp³-hybridized carbons (Fsp3) is 0.588. The number of nitrogens with zero attached hydrogens (tertiary/aromatic N) is 1. The number of carbonyl (C=O) groups excluding carboxylic acids is 1. The lowest BCUT2D eigenvalue weighted by atomic mass is 9.91. The van der Waals surface area contributed by atoms with Crippen molar-refractivity contribution in [3.63, 3.8) is 0 Å². The number of carbonyl (C=O) groups is 1. The molecule has 2 aromatic rings. The molecule has 5 nitrogen and oxygen atoms in total. The summed E-state index contributed by atoms with van der Waals surface area (Å²) in [5.74, 6) is -0.127. The molecule has 0 aromatic carbocycles. The molecule has 0 amide bonds. The number of alkyl halides is 1. The van der Waals surface area contributed by atoms with Crippen molar-refractivity contribution in [2.75, 3.05) is 7.05 Å². The Morgan fingerprint density at radius 1 is 1.48 bits per heavy atom. The van der Waals surface area contributed by atoms with E-state index in [1.807, 2.05) is 32.2 Å². The number of nitrogens with one attached hydrogen (secondary N) is 1. The van der Waals surface area contributed by atoms with Crippen molar-refractivity contribution in [1.82, 2.24) is 10.2 Å². The number of hydrogen-bond acceptors (Lipinski definition) is 5. The topological polar surface area (TPSA) is 64.4 Å². The maximum Gasteiger partial charge on any atom is 0.326 e.